The molecule has 2 aromatic rings. The number of ether oxygens (including phenoxy) is 1. The van der Waals surface area contributed by atoms with Crippen molar-refractivity contribution in [2.24, 2.45) is 0 Å². The van der Waals surface area contributed by atoms with Gasteiger partial charge in [0.1, 0.15) is 16.8 Å². The number of carbonyl (C=O) groups excluding carboxylic acids is 2. The number of hydrogen-bond donors (Lipinski definition) is 0. The van der Waals surface area contributed by atoms with Crippen molar-refractivity contribution < 1.29 is 14.3 Å². The molecule has 0 aliphatic carbocycles. The molecule has 0 unspecified atom stereocenters. The van der Waals surface area contributed by atoms with Crippen LogP contribution in [0.2, 0.25) is 0 Å². The van der Waals surface area contributed by atoms with Crippen LogP contribution in [0.4, 0.5) is 5.69 Å². The number of aryl methyl sites for hydroxylation is 1. The average molecular weight is 438 g/mol. The monoisotopic (exact) mass is 437 g/mol. The number of nitriles is 1. The van der Waals surface area contributed by atoms with Crippen LogP contribution in [0.3, 0.4) is 0 Å². The fraction of sp³-hybridized carbons (Fsp3) is 0.417. The summed E-state index contributed by atoms with van der Waals surface area (Å²) >= 11 is 1.20. The standard InChI is InChI=1S/C24H27N3O3S/c1-5-6-7-12-30-19-10-8-18(9-11-19)27-22(28)13-21(24(27)29)31-23-20(14-25)16(3)15(2)17(4)26-23/h8-11,21H,5-7,12-13H2,1-4H3/t21-/m0/s1. The molecule has 1 aromatic heterocycles. The van der Waals surface area contributed by atoms with Gasteiger partial charge in [-0.25, -0.2) is 9.88 Å². The van der Waals surface area contributed by atoms with E-state index in [1.165, 1.54) is 16.7 Å². The highest BCUT2D eigenvalue weighted by atomic mass is 32.2. The zero-order chi connectivity index (χ0) is 22.5. The zero-order valence-corrected chi connectivity index (χ0v) is 19.2. The fourth-order valence-electron chi connectivity index (χ4n) is 3.46. The number of hydrogen-bond acceptors (Lipinski definition) is 6. The largest absolute Gasteiger partial charge is 0.494 e. The summed E-state index contributed by atoms with van der Waals surface area (Å²) in [5, 5.41) is 9.48. The van der Waals surface area contributed by atoms with Gasteiger partial charge in [0, 0.05) is 12.1 Å². The van der Waals surface area contributed by atoms with Crippen LogP contribution in [0.15, 0.2) is 29.3 Å². The Morgan fingerprint density at radius 3 is 2.52 bits per heavy atom. The third kappa shape index (κ3) is 4.91. The van der Waals surface area contributed by atoms with Gasteiger partial charge in [-0.15, -0.1) is 0 Å². The average Bonchev–Trinajstić information content (AvgIpc) is 3.03. The molecule has 0 bridgehead atoms. The Bertz CT molecular complexity index is 1030. The summed E-state index contributed by atoms with van der Waals surface area (Å²) in [6.45, 7) is 8.48. The Labute approximate surface area is 187 Å². The van der Waals surface area contributed by atoms with Crippen molar-refractivity contribution in [3.63, 3.8) is 0 Å². The maximum atomic E-state index is 13.0. The van der Waals surface area contributed by atoms with Gasteiger partial charge in [-0.05, 0) is 62.6 Å². The van der Waals surface area contributed by atoms with E-state index in [2.05, 4.69) is 18.0 Å². The van der Waals surface area contributed by atoms with Crippen molar-refractivity contribution >= 4 is 29.3 Å². The molecule has 31 heavy (non-hydrogen) atoms. The van der Waals surface area contributed by atoms with E-state index < -0.39 is 5.25 Å². The number of unbranched alkanes of at least 4 members (excludes halogenated alkanes) is 2. The lowest BCUT2D eigenvalue weighted by Gasteiger charge is -2.16. The number of nitrogens with zero attached hydrogens (tertiary/aromatic N) is 3. The zero-order valence-electron chi connectivity index (χ0n) is 18.4. The molecule has 1 aliphatic heterocycles. The van der Waals surface area contributed by atoms with Gasteiger partial charge >= 0.3 is 0 Å². The van der Waals surface area contributed by atoms with Crippen LogP contribution in [0, 0.1) is 32.1 Å². The summed E-state index contributed by atoms with van der Waals surface area (Å²) in [5.74, 6) is 0.185. The van der Waals surface area contributed by atoms with Crippen molar-refractivity contribution in [3.05, 3.63) is 46.6 Å². The lowest BCUT2D eigenvalue weighted by Crippen LogP contribution is -2.31. The molecule has 1 saturated heterocycles. The van der Waals surface area contributed by atoms with Crippen molar-refractivity contribution in [2.45, 2.75) is 63.7 Å². The third-order valence-electron chi connectivity index (χ3n) is 5.55. The van der Waals surface area contributed by atoms with E-state index in [1.807, 2.05) is 20.8 Å². The van der Waals surface area contributed by atoms with Gasteiger partial charge < -0.3 is 4.74 Å². The highest BCUT2D eigenvalue weighted by molar-refractivity contribution is 8.00. The van der Waals surface area contributed by atoms with Gasteiger partial charge in [0.05, 0.1) is 23.1 Å². The van der Waals surface area contributed by atoms with Gasteiger partial charge in [-0.2, -0.15) is 5.26 Å². The van der Waals surface area contributed by atoms with Crippen LogP contribution in [0.25, 0.3) is 0 Å². The van der Waals surface area contributed by atoms with Gasteiger partial charge in [-0.1, -0.05) is 31.5 Å². The molecule has 1 aromatic carbocycles. The second-order valence-corrected chi connectivity index (χ2v) is 8.86. The Balaban J connectivity index is 1.74. The predicted octanol–water partition coefficient (Wildman–Crippen LogP) is 4.87. The summed E-state index contributed by atoms with van der Waals surface area (Å²) in [4.78, 5) is 31.4. The number of carbonyl (C=O) groups is 2. The number of amides is 2. The van der Waals surface area contributed by atoms with E-state index in [9.17, 15) is 14.9 Å². The second-order valence-electron chi connectivity index (χ2n) is 7.67. The highest BCUT2D eigenvalue weighted by Gasteiger charge is 2.41. The first kappa shape index (κ1) is 22.8. The number of imide groups is 1. The van der Waals surface area contributed by atoms with Gasteiger partial charge in [0.25, 0.3) is 0 Å². The van der Waals surface area contributed by atoms with E-state index in [0.717, 1.165) is 41.8 Å². The minimum absolute atomic E-state index is 0.0806. The van der Waals surface area contributed by atoms with Crippen LogP contribution < -0.4 is 9.64 Å². The fourth-order valence-corrected chi connectivity index (χ4v) is 4.67. The van der Waals surface area contributed by atoms with Gasteiger partial charge in [0.15, 0.2) is 0 Å². The normalized spacial score (nSPS) is 16.0. The van der Waals surface area contributed by atoms with Crippen molar-refractivity contribution in [1.29, 1.82) is 5.26 Å². The summed E-state index contributed by atoms with van der Waals surface area (Å²) in [7, 11) is 0. The van der Waals surface area contributed by atoms with E-state index >= 15 is 0 Å². The maximum Gasteiger partial charge on any atom is 0.247 e. The molecule has 162 valence electrons. The van der Waals surface area contributed by atoms with E-state index in [0.29, 0.717) is 22.9 Å². The summed E-state index contributed by atoms with van der Waals surface area (Å²) in [5.41, 5.74) is 3.65. The first-order valence-corrected chi connectivity index (χ1v) is 11.4. The topological polar surface area (TPSA) is 83.3 Å². The van der Waals surface area contributed by atoms with Crippen LogP contribution >= 0.6 is 11.8 Å². The van der Waals surface area contributed by atoms with Crippen molar-refractivity contribution in [2.75, 3.05) is 11.5 Å². The first-order valence-electron chi connectivity index (χ1n) is 10.5. The van der Waals surface area contributed by atoms with E-state index in [4.69, 9.17) is 4.74 Å². The number of benzene rings is 1. The molecular formula is C24H27N3O3S. The molecule has 1 fully saturated rings. The Morgan fingerprint density at radius 1 is 1.16 bits per heavy atom. The molecule has 1 aliphatic rings. The molecule has 6 nitrogen and oxygen atoms in total. The Morgan fingerprint density at radius 2 is 1.87 bits per heavy atom. The lowest BCUT2D eigenvalue weighted by atomic mass is 10.1. The molecule has 2 heterocycles. The number of anilines is 1. The summed E-state index contributed by atoms with van der Waals surface area (Å²) in [6, 6.07) is 9.23. The molecular weight excluding hydrogens is 410 g/mol. The molecule has 0 radical (unpaired) electrons. The number of rotatable bonds is 8. The minimum atomic E-state index is -0.599. The summed E-state index contributed by atoms with van der Waals surface area (Å²) < 4.78 is 5.71. The SMILES string of the molecule is CCCCCOc1ccc(N2C(=O)C[C@H](Sc3nc(C)c(C)c(C)c3C#N)C2=O)cc1. The molecule has 3 rings (SSSR count). The molecule has 0 saturated carbocycles. The lowest BCUT2D eigenvalue weighted by molar-refractivity contribution is -0.121. The number of aromatic nitrogens is 1. The van der Waals surface area contributed by atoms with Crippen molar-refractivity contribution in [3.8, 4) is 11.8 Å². The van der Waals surface area contributed by atoms with E-state index in [1.54, 1.807) is 24.3 Å². The van der Waals surface area contributed by atoms with Crippen LogP contribution in [0.5, 0.6) is 5.75 Å². The summed E-state index contributed by atoms with van der Waals surface area (Å²) in [6.07, 6.45) is 3.33. The maximum absolute atomic E-state index is 13.0. The third-order valence-corrected chi connectivity index (χ3v) is 6.72. The highest BCUT2D eigenvalue weighted by Crippen LogP contribution is 2.36. The van der Waals surface area contributed by atoms with Crippen LogP contribution in [-0.4, -0.2) is 28.7 Å². The molecule has 0 spiro atoms. The molecule has 1 atom stereocenters. The minimum Gasteiger partial charge on any atom is -0.494 e. The van der Waals surface area contributed by atoms with E-state index in [-0.39, 0.29) is 18.2 Å². The van der Waals surface area contributed by atoms with Crippen LogP contribution in [0.1, 0.15) is 55.0 Å². The van der Waals surface area contributed by atoms with Crippen molar-refractivity contribution in [1.82, 2.24) is 4.98 Å². The van der Waals surface area contributed by atoms with Gasteiger partial charge in [-0.3, -0.25) is 9.59 Å². The predicted molar refractivity (Wildman–Crippen MR) is 121 cm³/mol. The molecule has 0 N–H and O–H groups in total. The Kier molecular flexibility index (Phi) is 7.34. The molecule has 2 amide bonds. The number of thioether (sulfide) groups is 1. The second kappa shape index (κ2) is 9.97. The smallest absolute Gasteiger partial charge is 0.247 e. The number of pyridine rings is 1. The Hall–Kier alpha value is -2.85. The van der Waals surface area contributed by atoms with Crippen LogP contribution in [-0.2, 0) is 9.59 Å². The van der Waals surface area contributed by atoms with Gasteiger partial charge in [0.2, 0.25) is 11.8 Å². The first-order chi connectivity index (χ1) is 14.9. The molecule has 7 heteroatoms. The quantitative estimate of drug-likeness (QED) is 0.433.